The van der Waals surface area contributed by atoms with Crippen LogP contribution in [0.5, 0.6) is 0 Å². The summed E-state index contributed by atoms with van der Waals surface area (Å²) in [5.41, 5.74) is 1.47. The number of ether oxygens (including phenoxy) is 1. The van der Waals surface area contributed by atoms with E-state index in [0.29, 0.717) is 18.4 Å². The maximum atomic E-state index is 12.7. The predicted molar refractivity (Wildman–Crippen MR) is 99.4 cm³/mol. The van der Waals surface area contributed by atoms with Crippen molar-refractivity contribution in [2.24, 2.45) is 0 Å². The average Bonchev–Trinajstić information content (AvgIpc) is 2.64. The molecule has 26 heavy (non-hydrogen) atoms. The largest absolute Gasteiger partial charge is 0.457 e. The molecular weight excluding hydrogens is 350 g/mol. The van der Waals surface area contributed by atoms with Crippen LogP contribution in [0, 0.1) is 6.92 Å². The topological polar surface area (TPSA) is 72.5 Å². The Bertz CT molecular complexity index is 847. The fourth-order valence-electron chi connectivity index (χ4n) is 3.14. The minimum Gasteiger partial charge on any atom is -0.457 e. The SMILES string of the molecule is Cc1ccc(S(=O)(=O)N[C@@H]2CCCC[C@H]2OC(=O)c2ccccc2)cc1. The van der Waals surface area contributed by atoms with Crippen LogP contribution in [-0.2, 0) is 14.8 Å². The van der Waals surface area contributed by atoms with Gasteiger partial charge < -0.3 is 4.74 Å². The molecule has 2 aromatic rings. The maximum Gasteiger partial charge on any atom is 0.338 e. The normalized spacial score (nSPS) is 20.5. The van der Waals surface area contributed by atoms with Gasteiger partial charge in [-0.15, -0.1) is 0 Å². The lowest BCUT2D eigenvalue weighted by atomic mass is 9.93. The van der Waals surface area contributed by atoms with E-state index in [1.165, 1.54) is 0 Å². The van der Waals surface area contributed by atoms with Gasteiger partial charge in [-0.2, -0.15) is 0 Å². The van der Waals surface area contributed by atoms with Gasteiger partial charge in [0.1, 0.15) is 6.10 Å². The number of rotatable bonds is 5. The van der Waals surface area contributed by atoms with E-state index in [4.69, 9.17) is 4.74 Å². The number of benzene rings is 2. The third kappa shape index (κ3) is 4.51. The van der Waals surface area contributed by atoms with Crippen molar-refractivity contribution in [3.05, 3.63) is 65.7 Å². The number of hydrogen-bond acceptors (Lipinski definition) is 4. The highest BCUT2D eigenvalue weighted by atomic mass is 32.2. The third-order valence-electron chi connectivity index (χ3n) is 4.61. The molecule has 2 atom stereocenters. The summed E-state index contributed by atoms with van der Waals surface area (Å²) < 4.78 is 33.7. The molecule has 0 heterocycles. The molecule has 138 valence electrons. The van der Waals surface area contributed by atoms with E-state index in [1.54, 1.807) is 48.5 Å². The monoisotopic (exact) mass is 373 g/mol. The Morgan fingerprint density at radius 3 is 2.35 bits per heavy atom. The predicted octanol–water partition coefficient (Wildman–Crippen LogP) is 3.44. The lowest BCUT2D eigenvalue weighted by Crippen LogP contribution is -2.46. The quantitative estimate of drug-likeness (QED) is 0.815. The van der Waals surface area contributed by atoms with Crippen LogP contribution in [0.25, 0.3) is 0 Å². The van der Waals surface area contributed by atoms with Gasteiger partial charge in [0.25, 0.3) is 0 Å². The van der Waals surface area contributed by atoms with Crippen LogP contribution in [0.1, 0.15) is 41.6 Å². The van der Waals surface area contributed by atoms with Crippen LogP contribution in [0.2, 0.25) is 0 Å². The molecule has 1 aliphatic carbocycles. The zero-order chi connectivity index (χ0) is 18.6. The van der Waals surface area contributed by atoms with Crippen LogP contribution >= 0.6 is 0 Å². The first-order valence-corrected chi connectivity index (χ1v) is 10.3. The molecule has 6 heteroatoms. The standard InChI is InChI=1S/C20H23NO4S/c1-15-11-13-17(14-12-15)26(23,24)21-18-9-5-6-10-19(18)25-20(22)16-7-3-2-4-8-16/h2-4,7-8,11-14,18-19,21H,5-6,9-10H2,1H3/t18-,19-/m1/s1. The van der Waals surface area contributed by atoms with Gasteiger partial charge in [0, 0.05) is 0 Å². The molecule has 1 N–H and O–H groups in total. The Hall–Kier alpha value is -2.18. The van der Waals surface area contributed by atoms with Crippen LogP contribution in [0.15, 0.2) is 59.5 Å². The van der Waals surface area contributed by atoms with E-state index in [-0.39, 0.29) is 4.90 Å². The molecule has 0 radical (unpaired) electrons. The van der Waals surface area contributed by atoms with Crippen molar-refractivity contribution in [2.75, 3.05) is 0 Å². The first kappa shape index (κ1) is 18.6. The third-order valence-corrected chi connectivity index (χ3v) is 6.11. The Balaban J connectivity index is 1.72. The Morgan fingerprint density at radius 2 is 1.65 bits per heavy atom. The fraction of sp³-hybridized carbons (Fsp3) is 0.350. The number of esters is 1. The van der Waals surface area contributed by atoms with Crippen molar-refractivity contribution < 1.29 is 17.9 Å². The molecule has 0 aromatic heterocycles. The van der Waals surface area contributed by atoms with E-state index >= 15 is 0 Å². The van der Waals surface area contributed by atoms with E-state index < -0.39 is 28.1 Å². The van der Waals surface area contributed by atoms with Crippen LogP contribution < -0.4 is 4.72 Å². The molecule has 1 aliphatic rings. The van der Waals surface area contributed by atoms with Gasteiger partial charge in [-0.05, 0) is 50.5 Å². The number of sulfonamides is 1. The highest BCUT2D eigenvalue weighted by Gasteiger charge is 2.32. The van der Waals surface area contributed by atoms with Crippen molar-refractivity contribution >= 4 is 16.0 Å². The Morgan fingerprint density at radius 1 is 1.00 bits per heavy atom. The Labute approximate surface area is 154 Å². The van der Waals surface area contributed by atoms with Crippen LogP contribution in [0.3, 0.4) is 0 Å². The van der Waals surface area contributed by atoms with E-state index in [0.717, 1.165) is 18.4 Å². The van der Waals surface area contributed by atoms with Crippen LogP contribution in [-0.4, -0.2) is 26.5 Å². The van der Waals surface area contributed by atoms with Gasteiger partial charge in [0.05, 0.1) is 16.5 Å². The zero-order valence-electron chi connectivity index (χ0n) is 14.7. The molecule has 0 saturated heterocycles. The Kier molecular flexibility index (Phi) is 5.74. The van der Waals surface area contributed by atoms with Crippen molar-refractivity contribution in [1.82, 2.24) is 4.72 Å². The summed E-state index contributed by atoms with van der Waals surface area (Å²) >= 11 is 0. The number of carbonyl (C=O) groups excluding carboxylic acids is 1. The molecule has 3 rings (SSSR count). The van der Waals surface area contributed by atoms with Crippen molar-refractivity contribution in [1.29, 1.82) is 0 Å². The summed E-state index contributed by atoms with van der Waals surface area (Å²) in [4.78, 5) is 12.6. The number of nitrogens with one attached hydrogen (secondary N) is 1. The van der Waals surface area contributed by atoms with Gasteiger partial charge in [-0.25, -0.2) is 17.9 Å². The van der Waals surface area contributed by atoms with Gasteiger partial charge in [-0.3, -0.25) is 0 Å². The molecule has 1 fully saturated rings. The summed E-state index contributed by atoms with van der Waals surface area (Å²) in [6.07, 6.45) is 2.66. The molecule has 0 amide bonds. The summed E-state index contributed by atoms with van der Waals surface area (Å²) in [6.45, 7) is 1.91. The van der Waals surface area contributed by atoms with Crippen molar-refractivity contribution in [2.45, 2.75) is 49.6 Å². The number of carbonyl (C=O) groups is 1. The van der Waals surface area contributed by atoms with Gasteiger partial charge in [-0.1, -0.05) is 42.3 Å². The van der Waals surface area contributed by atoms with E-state index in [9.17, 15) is 13.2 Å². The first-order chi connectivity index (χ1) is 12.5. The molecule has 5 nitrogen and oxygen atoms in total. The second-order valence-corrected chi connectivity index (χ2v) is 8.35. The van der Waals surface area contributed by atoms with Gasteiger partial charge >= 0.3 is 5.97 Å². The summed E-state index contributed by atoms with van der Waals surface area (Å²) in [6, 6.07) is 15.1. The minimum absolute atomic E-state index is 0.224. The summed E-state index contributed by atoms with van der Waals surface area (Å²) in [5, 5.41) is 0. The number of aryl methyl sites for hydroxylation is 1. The van der Waals surface area contributed by atoms with E-state index in [1.807, 2.05) is 13.0 Å². The van der Waals surface area contributed by atoms with Crippen molar-refractivity contribution in [3.8, 4) is 0 Å². The molecule has 0 unspecified atom stereocenters. The second-order valence-electron chi connectivity index (χ2n) is 6.64. The van der Waals surface area contributed by atoms with Crippen LogP contribution in [0.4, 0.5) is 0 Å². The highest BCUT2D eigenvalue weighted by molar-refractivity contribution is 7.89. The fourth-order valence-corrected chi connectivity index (χ4v) is 4.44. The second kappa shape index (κ2) is 8.01. The zero-order valence-corrected chi connectivity index (χ0v) is 15.5. The van der Waals surface area contributed by atoms with Gasteiger partial charge in [0.15, 0.2) is 0 Å². The van der Waals surface area contributed by atoms with E-state index in [2.05, 4.69) is 4.72 Å². The molecule has 0 spiro atoms. The molecule has 1 saturated carbocycles. The average molecular weight is 373 g/mol. The minimum atomic E-state index is -3.65. The maximum absolute atomic E-state index is 12.7. The molecule has 0 aliphatic heterocycles. The molecular formula is C20H23NO4S. The molecule has 0 bridgehead atoms. The molecule has 2 aromatic carbocycles. The highest BCUT2D eigenvalue weighted by Crippen LogP contribution is 2.24. The smallest absolute Gasteiger partial charge is 0.338 e. The first-order valence-electron chi connectivity index (χ1n) is 8.81. The number of hydrogen-bond donors (Lipinski definition) is 1. The summed E-state index contributed by atoms with van der Waals surface area (Å²) in [7, 11) is -3.65. The summed E-state index contributed by atoms with van der Waals surface area (Å²) in [5.74, 6) is -0.419. The van der Waals surface area contributed by atoms with Gasteiger partial charge in [0.2, 0.25) is 10.0 Å². The lowest BCUT2D eigenvalue weighted by molar-refractivity contribution is 0.0130. The van der Waals surface area contributed by atoms with Crippen molar-refractivity contribution in [3.63, 3.8) is 0 Å². The lowest BCUT2D eigenvalue weighted by Gasteiger charge is -2.31.